The molecule has 9 rings (SSSR count). The van der Waals surface area contributed by atoms with Gasteiger partial charge in [0.2, 0.25) is 0 Å². The Morgan fingerprint density at radius 3 is 1.88 bits per heavy atom. The summed E-state index contributed by atoms with van der Waals surface area (Å²) in [5.74, 6) is 7.44. The van der Waals surface area contributed by atoms with Gasteiger partial charge in [-0.2, -0.15) is 0 Å². The van der Waals surface area contributed by atoms with E-state index in [1.807, 2.05) is 30.5 Å². The molecule has 0 aliphatic heterocycles. The molecule has 0 saturated heterocycles. The van der Waals surface area contributed by atoms with Gasteiger partial charge in [-0.1, -0.05) is 96.7 Å². The van der Waals surface area contributed by atoms with E-state index < -0.39 is 13.3 Å². The van der Waals surface area contributed by atoms with Crippen molar-refractivity contribution in [2.75, 3.05) is 0 Å². The van der Waals surface area contributed by atoms with Gasteiger partial charge in [0.25, 0.3) is 0 Å². The summed E-state index contributed by atoms with van der Waals surface area (Å²) in [4.78, 5) is 9.35. The fourth-order valence-electron chi connectivity index (χ4n) is 6.95. The zero-order valence-corrected chi connectivity index (χ0v) is 36.4. The summed E-state index contributed by atoms with van der Waals surface area (Å²) in [5.41, 5.74) is 12.8. The first kappa shape index (κ1) is 38.9. The molecule has 0 fully saturated rings. The smallest absolute Gasteiger partial charge is 0 e. The van der Waals surface area contributed by atoms with Gasteiger partial charge < -0.3 is 9.40 Å². The third-order valence-corrected chi connectivity index (χ3v) is 14.4. The number of aromatic nitrogens is 2. The van der Waals surface area contributed by atoms with Crippen LogP contribution in [0.4, 0.5) is 0 Å². The van der Waals surface area contributed by atoms with E-state index in [4.69, 9.17) is 4.42 Å². The monoisotopic (exact) mass is 965 g/mol. The van der Waals surface area contributed by atoms with Crippen molar-refractivity contribution in [1.82, 2.24) is 9.97 Å². The summed E-state index contributed by atoms with van der Waals surface area (Å²) in [6.07, 6.45) is 3.94. The van der Waals surface area contributed by atoms with Crippen molar-refractivity contribution in [2.45, 2.75) is 30.1 Å². The van der Waals surface area contributed by atoms with Crippen LogP contribution in [0.25, 0.3) is 66.7 Å². The van der Waals surface area contributed by atoms with Gasteiger partial charge in [-0.15, -0.1) is 18.2 Å². The first-order chi connectivity index (χ1) is 26.8. The molecule has 3 aromatic heterocycles. The Hall–Kier alpha value is -5.39. The number of hydrogen-bond acceptors (Lipinski definition) is 3. The van der Waals surface area contributed by atoms with Crippen LogP contribution in [0.5, 0.6) is 0 Å². The summed E-state index contributed by atoms with van der Waals surface area (Å²) in [6, 6.07) is 63.4. The van der Waals surface area contributed by atoms with E-state index in [9.17, 15) is 0 Å². The number of benzene rings is 6. The molecule has 1 radical (unpaired) electrons. The molecule has 9 aromatic rings. The third-order valence-electron chi connectivity index (χ3n) is 10.2. The van der Waals surface area contributed by atoms with Crippen LogP contribution in [-0.4, -0.2) is 23.2 Å². The zero-order valence-electron chi connectivity index (χ0n) is 32.0. The molecule has 0 amide bonds. The molecule has 3 nitrogen and oxygen atoms in total. The largest absolute Gasteiger partial charge is 0 e. The fourth-order valence-corrected chi connectivity index (χ4v) is 9.12. The summed E-state index contributed by atoms with van der Waals surface area (Å²) >= 11 is -1.79. The summed E-state index contributed by atoms with van der Waals surface area (Å²) in [6.45, 7) is 2.23. The van der Waals surface area contributed by atoms with E-state index in [0.717, 1.165) is 50.0 Å². The SMILES string of the molecule is CC(c1ccccc1)c1ccnc(-c2[c-]ccc3c2oc2cc(-c4ccccc4)ccc23)c1.[CH3][Ge]([CH3])([CH3])[c]1ccc(-c2[c-]ccc(-c3ccccc3)c2)nc1.[Ir]. The van der Waals surface area contributed by atoms with E-state index in [2.05, 4.69) is 192 Å². The van der Waals surface area contributed by atoms with Crippen LogP contribution in [0.3, 0.4) is 0 Å². The van der Waals surface area contributed by atoms with Gasteiger partial charge in [0.1, 0.15) is 5.58 Å². The van der Waals surface area contributed by atoms with Crippen LogP contribution < -0.4 is 4.40 Å². The van der Waals surface area contributed by atoms with E-state index in [1.165, 1.54) is 32.2 Å². The number of rotatable bonds is 7. The van der Waals surface area contributed by atoms with Crippen molar-refractivity contribution >= 4 is 39.6 Å². The van der Waals surface area contributed by atoms with Gasteiger partial charge in [-0.05, 0) is 40.1 Å². The van der Waals surface area contributed by atoms with Gasteiger partial charge in [0.05, 0.1) is 5.58 Å². The van der Waals surface area contributed by atoms with Crippen molar-refractivity contribution in [1.29, 1.82) is 0 Å². The van der Waals surface area contributed by atoms with E-state index in [-0.39, 0.29) is 26.0 Å². The first-order valence-electron chi connectivity index (χ1n) is 18.8. The van der Waals surface area contributed by atoms with Crippen LogP contribution in [0.1, 0.15) is 24.0 Å². The van der Waals surface area contributed by atoms with E-state index >= 15 is 0 Å². The van der Waals surface area contributed by atoms with Gasteiger partial charge in [0, 0.05) is 37.6 Å². The van der Waals surface area contributed by atoms with Crippen LogP contribution in [-0.2, 0) is 20.1 Å². The molecule has 0 saturated carbocycles. The topological polar surface area (TPSA) is 38.9 Å². The molecule has 5 heteroatoms. The molecule has 277 valence electrons. The number of hydrogen-bond donors (Lipinski definition) is 0. The number of fused-ring (bicyclic) bond motifs is 3. The zero-order chi connectivity index (χ0) is 37.8. The Morgan fingerprint density at radius 1 is 0.554 bits per heavy atom. The molecule has 56 heavy (non-hydrogen) atoms. The third kappa shape index (κ3) is 8.54. The molecule has 0 bridgehead atoms. The Labute approximate surface area is 346 Å². The maximum Gasteiger partial charge on any atom is 0 e. The molecule has 0 spiro atoms. The van der Waals surface area contributed by atoms with Crippen molar-refractivity contribution in [2.24, 2.45) is 0 Å². The molecular weight excluding hydrogens is 921 g/mol. The van der Waals surface area contributed by atoms with Crippen LogP contribution in [0.15, 0.2) is 181 Å². The molecule has 0 aliphatic rings. The molecule has 1 unspecified atom stereocenters. The second kappa shape index (κ2) is 17.2. The average molecular weight is 964 g/mol. The summed E-state index contributed by atoms with van der Waals surface area (Å²) < 4.78 is 7.85. The van der Waals surface area contributed by atoms with Crippen LogP contribution in [0.2, 0.25) is 17.3 Å². The number of furan rings is 1. The van der Waals surface area contributed by atoms with E-state index in [0.29, 0.717) is 0 Å². The molecule has 0 N–H and O–H groups in total. The fraction of sp³-hybridized carbons (Fsp3) is 0.0980. The Kier molecular flexibility index (Phi) is 11.9. The van der Waals surface area contributed by atoms with Crippen molar-refractivity contribution in [3.8, 4) is 44.8 Å². The summed E-state index contributed by atoms with van der Waals surface area (Å²) in [5, 5.41) is 2.19. The standard InChI is InChI=1S/C31H22NO.C20H20GeN.Ir/c1-21(22-9-4-2-5-10-22)24-17-18-32-29(19-24)28-14-8-13-27-26-16-15-25(20-30(26)33-31(27)28)23-11-6-3-7-12-23;1-21(2,3)19-12-13-20(22-15-19)18-11-7-10-17(14-18)16-8-5-4-6-9-16;/h2-13,15-21H,1H3;4-10,12-15H,1-3H3;/q2*-1;. The van der Waals surface area contributed by atoms with E-state index in [1.54, 1.807) is 0 Å². The number of nitrogens with zero attached hydrogens (tertiary/aromatic N) is 2. The van der Waals surface area contributed by atoms with Crippen LogP contribution >= 0.6 is 0 Å². The maximum atomic E-state index is 6.41. The Balaban J connectivity index is 0.000000183. The second-order valence-electron chi connectivity index (χ2n) is 14.9. The normalized spacial score (nSPS) is 11.7. The minimum atomic E-state index is -1.79. The van der Waals surface area contributed by atoms with Gasteiger partial charge in [0.15, 0.2) is 0 Å². The van der Waals surface area contributed by atoms with Crippen molar-refractivity contribution in [3.63, 3.8) is 0 Å². The van der Waals surface area contributed by atoms with Crippen molar-refractivity contribution < 1.29 is 24.5 Å². The van der Waals surface area contributed by atoms with Crippen molar-refractivity contribution in [3.05, 3.63) is 199 Å². The quantitative estimate of drug-likeness (QED) is 0.118. The summed E-state index contributed by atoms with van der Waals surface area (Å²) in [7, 11) is 0. The maximum absolute atomic E-state index is 6.41. The second-order valence-corrected chi connectivity index (χ2v) is 25.6. The molecule has 3 heterocycles. The van der Waals surface area contributed by atoms with Gasteiger partial charge in [-0.3, -0.25) is 0 Å². The average Bonchev–Trinajstić information content (AvgIpc) is 3.63. The Morgan fingerprint density at radius 2 is 1.21 bits per heavy atom. The van der Waals surface area contributed by atoms with Crippen LogP contribution in [0, 0.1) is 12.1 Å². The minimum absolute atomic E-state index is 0. The Bertz CT molecular complexity index is 2690. The molecular formula is C51H42GeIrN2O-2. The minimum Gasteiger partial charge on any atom is 0 e. The van der Waals surface area contributed by atoms with Gasteiger partial charge >= 0.3 is 135 Å². The molecule has 0 aliphatic carbocycles. The molecule has 6 aromatic carbocycles. The van der Waals surface area contributed by atoms with Gasteiger partial charge in [-0.25, -0.2) is 0 Å². The predicted octanol–water partition coefficient (Wildman–Crippen LogP) is 13.0. The predicted molar refractivity (Wildman–Crippen MR) is 232 cm³/mol. The molecule has 1 atom stereocenters. The number of pyridine rings is 2. The first-order valence-corrected chi connectivity index (χ1v) is 26.1.